The standard InChI is InChI=1S/C24H27N3O4S/c28-23-14-13-22(26-27(23)20-15-16-32(30,31)17-20)24(29)25-21(19-9-5-2-6-10-19)12-11-18-7-3-1-4-8-18/h1-10,20-21H,11-17H2,(H,25,29)/t20-,21-/m0/s1. The monoisotopic (exact) mass is 453 g/mol. The van der Waals surface area contributed by atoms with Crippen LogP contribution < -0.4 is 5.32 Å². The van der Waals surface area contributed by atoms with E-state index in [1.54, 1.807) is 0 Å². The van der Waals surface area contributed by atoms with Crippen LogP contribution in [0.1, 0.15) is 42.9 Å². The number of hydrogen-bond acceptors (Lipinski definition) is 5. The van der Waals surface area contributed by atoms with Crippen LogP contribution in [-0.2, 0) is 25.8 Å². The highest BCUT2D eigenvalue weighted by Gasteiger charge is 2.37. The summed E-state index contributed by atoms with van der Waals surface area (Å²) >= 11 is 0. The van der Waals surface area contributed by atoms with Gasteiger partial charge in [0.15, 0.2) is 9.84 Å². The van der Waals surface area contributed by atoms with Crippen molar-refractivity contribution in [3.8, 4) is 0 Å². The Bertz CT molecular complexity index is 1100. The molecule has 2 heterocycles. The van der Waals surface area contributed by atoms with Crippen LogP contribution >= 0.6 is 0 Å². The molecule has 32 heavy (non-hydrogen) atoms. The van der Waals surface area contributed by atoms with Crippen LogP contribution in [0.2, 0.25) is 0 Å². The van der Waals surface area contributed by atoms with Gasteiger partial charge in [-0.2, -0.15) is 5.10 Å². The molecule has 0 saturated carbocycles. The zero-order chi connectivity index (χ0) is 22.6. The molecular weight excluding hydrogens is 426 g/mol. The van der Waals surface area contributed by atoms with Gasteiger partial charge in [-0.15, -0.1) is 0 Å². The number of sulfone groups is 1. The molecule has 0 unspecified atom stereocenters. The third kappa shape index (κ3) is 5.43. The number of nitrogens with zero attached hydrogens (tertiary/aromatic N) is 2. The van der Waals surface area contributed by atoms with Crippen molar-refractivity contribution in [2.24, 2.45) is 5.10 Å². The quantitative estimate of drug-likeness (QED) is 0.697. The highest BCUT2D eigenvalue weighted by molar-refractivity contribution is 7.91. The minimum Gasteiger partial charge on any atom is -0.344 e. The summed E-state index contributed by atoms with van der Waals surface area (Å²) in [6, 6.07) is 19.2. The van der Waals surface area contributed by atoms with Crippen molar-refractivity contribution < 1.29 is 18.0 Å². The second kappa shape index (κ2) is 9.65. The van der Waals surface area contributed by atoms with Crippen molar-refractivity contribution in [3.05, 3.63) is 71.8 Å². The number of carbonyl (C=O) groups excluding carboxylic acids is 2. The highest BCUT2D eigenvalue weighted by atomic mass is 32.2. The number of benzene rings is 2. The number of amides is 2. The van der Waals surface area contributed by atoms with E-state index in [0.717, 1.165) is 18.4 Å². The van der Waals surface area contributed by atoms with E-state index >= 15 is 0 Å². The molecule has 2 atom stereocenters. The van der Waals surface area contributed by atoms with Crippen LogP contribution in [0.3, 0.4) is 0 Å². The van der Waals surface area contributed by atoms with Crippen molar-refractivity contribution in [1.29, 1.82) is 0 Å². The van der Waals surface area contributed by atoms with Gasteiger partial charge in [0, 0.05) is 12.8 Å². The maximum Gasteiger partial charge on any atom is 0.267 e. The lowest BCUT2D eigenvalue weighted by molar-refractivity contribution is -0.133. The average Bonchev–Trinajstić information content (AvgIpc) is 3.17. The van der Waals surface area contributed by atoms with Gasteiger partial charge in [0.1, 0.15) is 5.71 Å². The van der Waals surface area contributed by atoms with Crippen molar-refractivity contribution in [2.75, 3.05) is 11.5 Å². The molecule has 0 aromatic heterocycles. The fraction of sp³-hybridized carbons (Fsp3) is 0.375. The lowest BCUT2D eigenvalue weighted by Gasteiger charge is -2.28. The van der Waals surface area contributed by atoms with Crippen molar-refractivity contribution >= 4 is 27.4 Å². The Labute approximate surface area is 188 Å². The van der Waals surface area contributed by atoms with E-state index in [1.807, 2.05) is 48.5 Å². The molecule has 168 valence electrons. The third-order valence-corrected chi connectivity index (χ3v) is 7.70. The number of hydrogen-bond donors (Lipinski definition) is 1. The summed E-state index contributed by atoms with van der Waals surface area (Å²) < 4.78 is 23.7. The summed E-state index contributed by atoms with van der Waals surface area (Å²) in [5.41, 5.74) is 2.47. The minimum absolute atomic E-state index is 0.0497. The predicted molar refractivity (Wildman–Crippen MR) is 123 cm³/mol. The lowest BCUT2D eigenvalue weighted by atomic mass is 9.98. The van der Waals surface area contributed by atoms with Gasteiger partial charge in [0.2, 0.25) is 5.91 Å². The van der Waals surface area contributed by atoms with E-state index in [1.165, 1.54) is 10.6 Å². The van der Waals surface area contributed by atoms with Crippen LogP contribution in [0.25, 0.3) is 0 Å². The molecule has 0 aliphatic carbocycles. The molecule has 0 bridgehead atoms. The Balaban J connectivity index is 1.49. The molecule has 0 spiro atoms. The average molecular weight is 454 g/mol. The Morgan fingerprint density at radius 1 is 1.06 bits per heavy atom. The van der Waals surface area contributed by atoms with Crippen LogP contribution in [0, 0.1) is 0 Å². The van der Waals surface area contributed by atoms with Crippen LogP contribution in [-0.4, -0.2) is 48.5 Å². The molecule has 7 nitrogen and oxygen atoms in total. The molecule has 0 radical (unpaired) electrons. The highest BCUT2D eigenvalue weighted by Crippen LogP contribution is 2.23. The Kier molecular flexibility index (Phi) is 6.69. The molecule has 1 saturated heterocycles. The molecule has 2 aliphatic heterocycles. The first-order chi connectivity index (χ1) is 15.4. The summed E-state index contributed by atoms with van der Waals surface area (Å²) in [7, 11) is -3.16. The van der Waals surface area contributed by atoms with E-state index in [2.05, 4.69) is 22.6 Å². The van der Waals surface area contributed by atoms with Crippen LogP contribution in [0.5, 0.6) is 0 Å². The van der Waals surface area contributed by atoms with E-state index in [0.29, 0.717) is 6.42 Å². The van der Waals surface area contributed by atoms with Gasteiger partial charge in [-0.3, -0.25) is 9.59 Å². The van der Waals surface area contributed by atoms with Gasteiger partial charge in [0.25, 0.3) is 5.91 Å². The Morgan fingerprint density at radius 2 is 1.75 bits per heavy atom. The lowest BCUT2D eigenvalue weighted by Crippen LogP contribution is -2.44. The number of nitrogens with one attached hydrogen (secondary N) is 1. The smallest absolute Gasteiger partial charge is 0.267 e. The summed E-state index contributed by atoms with van der Waals surface area (Å²) in [4.78, 5) is 25.4. The topological polar surface area (TPSA) is 95.9 Å². The van der Waals surface area contributed by atoms with Crippen molar-refractivity contribution in [2.45, 2.75) is 44.2 Å². The first-order valence-corrected chi connectivity index (χ1v) is 12.7. The molecule has 2 aromatic rings. The summed E-state index contributed by atoms with van der Waals surface area (Å²) in [5, 5.41) is 8.62. The number of aryl methyl sites for hydroxylation is 1. The third-order valence-electron chi connectivity index (χ3n) is 5.95. The second-order valence-electron chi connectivity index (χ2n) is 8.30. The van der Waals surface area contributed by atoms with Crippen LogP contribution in [0.15, 0.2) is 65.8 Å². The van der Waals surface area contributed by atoms with Crippen molar-refractivity contribution in [3.63, 3.8) is 0 Å². The number of hydrazone groups is 1. The molecule has 4 rings (SSSR count). The van der Waals surface area contributed by atoms with Crippen molar-refractivity contribution in [1.82, 2.24) is 10.3 Å². The first-order valence-electron chi connectivity index (χ1n) is 10.9. The van der Waals surface area contributed by atoms with Gasteiger partial charge in [-0.25, -0.2) is 13.4 Å². The van der Waals surface area contributed by atoms with Gasteiger partial charge in [-0.05, 0) is 30.4 Å². The molecule has 2 amide bonds. The molecule has 1 fully saturated rings. The fourth-order valence-electron chi connectivity index (χ4n) is 4.19. The summed E-state index contributed by atoms with van der Waals surface area (Å²) in [6.45, 7) is 0. The van der Waals surface area contributed by atoms with Gasteiger partial charge < -0.3 is 5.32 Å². The van der Waals surface area contributed by atoms with Gasteiger partial charge in [-0.1, -0.05) is 60.7 Å². The molecule has 1 N–H and O–H groups in total. The second-order valence-corrected chi connectivity index (χ2v) is 10.5. The first kappa shape index (κ1) is 22.2. The van der Waals surface area contributed by atoms with E-state index in [-0.39, 0.29) is 47.9 Å². The number of carbonyl (C=O) groups is 2. The SMILES string of the molecule is O=C(N[C@@H](CCc1ccccc1)c1ccccc1)C1=NN([C@H]2CCS(=O)(=O)C2)C(=O)CC1. The largest absolute Gasteiger partial charge is 0.344 e. The summed E-state index contributed by atoms with van der Waals surface area (Å²) in [5.74, 6) is -0.591. The maximum atomic E-state index is 13.1. The molecule has 2 aromatic carbocycles. The van der Waals surface area contributed by atoms with Gasteiger partial charge in [0.05, 0.1) is 23.6 Å². The van der Waals surface area contributed by atoms with E-state index in [4.69, 9.17) is 0 Å². The molecule has 2 aliphatic rings. The molecular formula is C24H27N3O4S. The number of rotatable bonds is 7. The van der Waals surface area contributed by atoms with Gasteiger partial charge >= 0.3 is 0 Å². The fourth-order valence-corrected chi connectivity index (χ4v) is 5.88. The Hall–Kier alpha value is -3.00. The van der Waals surface area contributed by atoms with Crippen LogP contribution in [0.4, 0.5) is 0 Å². The zero-order valence-electron chi connectivity index (χ0n) is 17.8. The normalized spacial score (nSPS) is 21.1. The Morgan fingerprint density at radius 3 is 2.41 bits per heavy atom. The predicted octanol–water partition coefficient (Wildman–Crippen LogP) is 2.64. The van der Waals surface area contributed by atoms with E-state index in [9.17, 15) is 18.0 Å². The minimum atomic E-state index is -3.16. The maximum absolute atomic E-state index is 13.1. The molecule has 8 heteroatoms. The van der Waals surface area contributed by atoms with E-state index < -0.39 is 15.9 Å². The summed E-state index contributed by atoms with van der Waals surface area (Å²) in [6.07, 6.45) is 2.29. The zero-order valence-corrected chi connectivity index (χ0v) is 18.6.